The number of aryl methyl sites for hydroxylation is 1. The molecule has 2 heterocycles. The summed E-state index contributed by atoms with van der Waals surface area (Å²) in [5.41, 5.74) is 1.65. The van der Waals surface area contributed by atoms with Gasteiger partial charge in [-0.2, -0.15) is 0 Å². The van der Waals surface area contributed by atoms with Gasteiger partial charge in [0.05, 0.1) is 6.61 Å². The van der Waals surface area contributed by atoms with Crippen LogP contribution in [0, 0.1) is 12.8 Å². The van der Waals surface area contributed by atoms with Crippen molar-refractivity contribution in [2.45, 2.75) is 20.0 Å². The maximum atomic E-state index is 12.1. The molecule has 1 aromatic carbocycles. The molecule has 1 amide bonds. The van der Waals surface area contributed by atoms with Gasteiger partial charge in [-0.3, -0.25) is 4.79 Å². The predicted molar refractivity (Wildman–Crippen MR) is 88.9 cm³/mol. The number of carbonyl (C=O) groups excluding carboxylic acids is 1. The summed E-state index contributed by atoms with van der Waals surface area (Å²) in [6, 6.07) is 7.87. The number of ether oxygens (including phenoxy) is 2. The van der Waals surface area contributed by atoms with E-state index in [1.165, 1.54) is 16.9 Å². The minimum atomic E-state index is -0.130. The lowest BCUT2D eigenvalue weighted by Gasteiger charge is -2.07. The Bertz CT molecular complexity index is 648. The van der Waals surface area contributed by atoms with Crippen LogP contribution in [0.15, 0.2) is 29.6 Å². The van der Waals surface area contributed by atoms with E-state index in [0.717, 1.165) is 30.4 Å². The number of nitrogens with zero attached hydrogens (tertiary/aromatic N) is 1. The smallest absolute Gasteiger partial charge is 0.270 e. The van der Waals surface area contributed by atoms with Gasteiger partial charge in [0.15, 0.2) is 0 Å². The topological polar surface area (TPSA) is 60.5 Å². The molecule has 3 rings (SSSR count). The van der Waals surface area contributed by atoms with Crippen molar-refractivity contribution < 1.29 is 14.3 Å². The Morgan fingerprint density at radius 1 is 1.43 bits per heavy atom. The number of rotatable bonds is 6. The maximum absolute atomic E-state index is 12.1. The summed E-state index contributed by atoms with van der Waals surface area (Å²) in [6.45, 7) is 4.57. The second kappa shape index (κ2) is 7.57. The molecule has 0 saturated carbocycles. The summed E-state index contributed by atoms with van der Waals surface area (Å²) in [6.07, 6.45) is 1.01. The Morgan fingerprint density at radius 2 is 2.26 bits per heavy atom. The molecule has 23 heavy (non-hydrogen) atoms. The van der Waals surface area contributed by atoms with Gasteiger partial charge in [-0.1, -0.05) is 17.7 Å². The van der Waals surface area contributed by atoms with Gasteiger partial charge in [-0.15, -0.1) is 11.3 Å². The van der Waals surface area contributed by atoms with E-state index in [0.29, 0.717) is 24.8 Å². The first-order valence-electron chi connectivity index (χ1n) is 7.70. The van der Waals surface area contributed by atoms with Crippen LogP contribution in [0.25, 0.3) is 0 Å². The van der Waals surface area contributed by atoms with Gasteiger partial charge in [0, 0.05) is 24.4 Å². The zero-order valence-corrected chi connectivity index (χ0v) is 13.9. The fourth-order valence-corrected chi connectivity index (χ4v) is 3.02. The molecule has 0 spiro atoms. The number of benzene rings is 1. The molecule has 0 radical (unpaired) electrons. The molecule has 1 fully saturated rings. The summed E-state index contributed by atoms with van der Waals surface area (Å²) in [7, 11) is 0. The molecule has 1 aliphatic heterocycles. The molecule has 2 aromatic rings. The van der Waals surface area contributed by atoms with Gasteiger partial charge in [0.2, 0.25) is 0 Å². The second-order valence-corrected chi connectivity index (χ2v) is 6.61. The number of thiazole rings is 1. The molecular weight excluding hydrogens is 312 g/mol. The van der Waals surface area contributed by atoms with Gasteiger partial charge in [0.25, 0.3) is 5.91 Å². The third-order valence-corrected chi connectivity index (χ3v) is 4.57. The molecule has 1 N–H and O–H groups in total. The minimum absolute atomic E-state index is 0.130. The summed E-state index contributed by atoms with van der Waals surface area (Å²) in [5, 5.41) is 5.48. The van der Waals surface area contributed by atoms with Gasteiger partial charge >= 0.3 is 0 Å². The van der Waals surface area contributed by atoms with Crippen LogP contribution in [0.1, 0.15) is 27.5 Å². The first-order valence-corrected chi connectivity index (χ1v) is 8.58. The standard InChI is InChI=1S/C17H20N2O3S/c1-12-2-4-14(5-3-12)22-10-16-19-15(11-23-16)17(20)18-8-13-6-7-21-9-13/h2-5,11,13H,6-10H2,1H3,(H,18,20). The molecule has 1 aliphatic rings. The lowest BCUT2D eigenvalue weighted by atomic mass is 10.1. The molecule has 0 aliphatic carbocycles. The van der Waals surface area contributed by atoms with Crippen molar-refractivity contribution in [2.75, 3.05) is 19.8 Å². The van der Waals surface area contributed by atoms with E-state index in [1.807, 2.05) is 31.2 Å². The van der Waals surface area contributed by atoms with Crippen LogP contribution in [0.5, 0.6) is 5.75 Å². The first-order chi connectivity index (χ1) is 11.2. The highest BCUT2D eigenvalue weighted by molar-refractivity contribution is 7.09. The van der Waals surface area contributed by atoms with Crippen molar-refractivity contribution >= 4 is 17.2 Å². The van der Waals surface area contributed by atoms with Crippen LogP contribution in [0.4, 0.5) is 0 Å². The number of hydrogen-bond acceptors (Lipinski definition) is 5. The Balaban J connectivity index is 1.48. The normalized spacial score (nSPS) is 17.2. The van der Waals surface area contributed by atoms with Crippen LogP contribution in [0.2, 0.25) is 0 Å². The lowest BCUT2D eigenvalue weighted by molar-refractivity contribution is 0.0940. The van der Waals surface area contributed by atoms with Gasteiger partial charge in [-0.05, 0) is 25.5 Å². The second-order valence-electron chi connectivity index (χ2n) is 5.67. The molecule has 5 nitrogen and oxygen atoms in total. The van der Waals surface area contributed by atoms with Crippen molar-refractivity contribution in [3.8, 4) is 5.75 Å². The van der Waals surface area contributed by atoms with E-state index < -0.39 is 0 Å². The van der Waals surface area contributed by atoms with E-state index in [-0.39, 0.29) is 5.91 Å². The molecule has 122 valence electrons. The Hall–Kier alpha value is -1.92. The van der Waals surface area contributed by atoms with E-state index in [2.05, 4.69) is 10.3 Å². The van der Waals surface area contributed by atoms with E-state index in [1.54, 1.807) is 5.38 Å². The zero-order valence-electron chi connectivity index (χ0n) is 13.1. The van der Waals surface area contributed by atoms with Crippen LogP contribution in [0.3, 0.4) is 0 Å². The number of carbonyl (C=O) groups is 1. The lowest BCUT2D eigenvalue weighted by Crippen LogP contribution is -2.29. The van der Waals surface area contributed by atoms with Crippen molar-refractivity contribution in [3.05, 3.63) is 45.9 Å². The Labute approximate surface area is 139 Å². The highest BCUT2D eigenvalue weighted by atomic mass is 32.1. The molecule has 6 heteroatoms. The largest absolute Gasteiger partial charge is 0.486 e. The molecular formula is C17H20N2O3S. The first kappa shape index (κ1) is 16.0. The Morgan fingerprint density at radius 3 is 3.00 bits per heavy atom. The van der Waals surface area contributed by atoms with Gasteiger partial charge in [0.1, 0.15) is 23.1 Å². The Kier molecular flexibility index (Phi) is 5.25. The fraction of sp³-hybridized carbons (Fsp3) is 0.412. The molecule has 1 atom stereocenters. The van der Waals surface area contributed by atoms with Crippen molar-refractivity contribution in [3.63, 3.8) is 0 Å². The third-order valence-electron chi connectivity index (χ3n) is 3.74. The highest BCUT2D eigenvalue weighted by Gasteiger charge is 2.18. The molecule has 1 unspecified atom stereocenters. The summed E-state index contributed by atoms with van der Waals surface area (Å²) in [5.74, 6) is 1.09. The summed E-state index contributed by atoms with van der Waals surface area (Å²) in [4.78, 5) is 16.4. The quantitative estimate of drug-likeness (QED) is 0.884. The zero-order chi connectivity index (χ0) is 16.1. The van der Waals surface area contributed by atoms with Gasteiger partial charge in [-0.25, -0.2) is 4.98 Å². The van der Waals surface area contributed by atoms with Crippen LogP contribution in [-0.2, 0) is 11.3 Å². The average Bonchev–Trinajstić information content (AvgIpc) is 3.24. The van der Waals surface area contributed by atoms with Crippen molar-refractivity contribution in [1.82, 2.24) is 10.3 Å². The fourth-order valence-electron chi connectivity index (χ4n) is 2.33. The number of amides is 1. The average molecular weight is 332 g/mol. The SMILES string of the molecule is Cc1ccc(OCc2nc(C(=O)NCC3CCOC3)cs2)cc1. The number of hydrogen-bond donors (Lipinski definition) is 1. The molecule has 1 aromatic heterocycles. The van der Waals surface area contributed by atoms with Crippen molar-refractivity contribution in [1.29, 1.82) is 0 Å². The van der Waals surface area contributed by atoms with E-state index in [9.17, 15) is 4.79 Å². The maximum Gasteiger partial charge on any atom is 0.270 e. The monoisotopic (exact) mass is 332 g/mol. The number of nitrogens with one attached hydrogen (secondary N) is 1. The molecule has 0 bridgehead atoms. The van der Waals surface area contributed by atoms with Crippen LogP contribution < -0.4 is 10.1 Å². The highest BCUT2D eigenvalue weighted by Crippen LogP contribution is 2.16. The predicted octanol–water partition coefficient (Wildman–Crippen LogP) is 2.80. The van der Waals surface area contributed by atoms with Crippen LogP contribution >= 0.6 is 11.3 Å². The van der Waals surface area contributed by atoms with Crippen LogP contribution in [-0.4, -0.2) is 30.6 Å². The van der Waals surface area contributed by atoms with Crippen molar-refractivity contribution in [2.24, 2.45) is 5.92 Å². The van der Waals surface area contributed by atoms with E-state index in [4.69, 9.17) is 9.47 Å². The van der Waals surface area contributed by atoms with Gasteiger partial charge < -0.3 is 14.8 Å². The summed E-state index contributed by atoms with van der Waals surface area (Å²) >= 11 is 1.44. The van der Waals surface area contributed by atoms with E-state index >= 15 is 0 Å². The number of aromatic nitrogens is 1. The molecule has 1 saturated heterocycles. The third kappa shape index (κ3) is 4.53. The minimum Gasteiger partial charge on any atom is -0.486 e. The summed E-state index contributed by atoms with van der Waals surface area (Å²) < 4.78 is 11.0.